The van der Waals surface area contributed by atoms with Crippen molar-refractivity contribution in [2.24, 2.45) is 29.4 Å². The fraction of sp³-hybridized carbons (Fsp3) is 0.455. The molecule has 0 bridgehead atoms. The molecule has 2 aromatic carbocycles. The average Bonchev–Trinajstić information content (AvgIpc) is 2.97. The lowest BCUT2D eigenvalue weighted by molar-refractivity contribution is -0.181. The molecule has 12 heteroatoms. The van der Waals surface area contributed by atoms with Crippen LogP contribution >= 0.6 is 0 Å². The molecule has 45 heavy (non-hydrogen) atoms. The molecule has 4 N–H and O–H groups in total. The van der Waals surface area contributed by atoms with Gasteiger partial charge < -0.3 is 25.7 Å². The topological polar surface area (TPSA) is 179 Å². The predicted octanol–water partition coefficient (Wildman–Crippen LogP) is 0.168. The van der Waals surface area contributed by atoms with E-state index in [9.17, 15) is 39.0 Å². The normalized spacial score (nSPS) is 27.7. The highest BCUT2D eigenvalue weighted by Gasteiger charge is 2.69. The summed E-state index contributed by atoms with van der Waals surface area (Å²) in [7, 11) is 8.63. The van der Waals surface area contributed by atoms with Crippen LogP contribution in [0.15, 0.2) is 36.4 Å². The van der Waals surface area contributed by atoms with Crippen molar-refractivity contribution < 1.29 is 39.0 Å². The van der Waals surface area contributed by atoms with E-state index in [0.29, 0.717) is 35.3 Å². The average molecular weight is 619 g/mol. The quantitative estimate of drug-likeness (QED) is 0.362. The number of nitrogens with zero attached hydrogens (tertiary/aromatic N) is 3. The lowest BCUT2D eigenvalue weighted by Gasteiger charge is -2.52. The number of Topliss-reactive ketones (excluding diaryl/α,β-unsaturated/α-hetero) is 4. The van der Waals surface area contributed by atoms with Crippen LogP contribution < -0.4 is 5.73 Å². The molecular weight excluding hydrogens is 580 g/mol. The first kappa shape index (κ1) is 32.1. The summed E-state index contributed by atoms with van der Waals surface area (Å²) >= 11 is 0. The Labute approximate surface area is 260 Å². The molecule has 0 aliphatic heterocycles. The highest BCUT2D eigenvalue weighted by Crippen LogP contribution is 2.51. The molecule has 3 aliphatic carbocycles. The van der Waals surface area contributed by atoms with E-state index in [1.165, 1.54) is 25.1 Å². The molecule has 2 aromatic rings. The van der Waals surface area contributed by atoms with E-state index in [4.69, 9.17) is 5.73 Å². The highest BCUT2D eigenvalue weighted by atomic mass is 16.3. The number of carbonyl (C=O) groups excluding carboxylic acids is 6. The second-order valence-electron chi connectivity index (χ2n) is 12.9. The number of amides is 2. The number of phenols is 1. The smallest absolute Gasteiger partial charge is 0.253 e. The SMILES string of the molecule is CN(C)CCN(C)C(=O)c1cccc(-c2ccc(O)c3c2C[C@H]2C[C@H]4[C@H](N(C)C)C(=O)C(C(N)=O)C(=O)[C@@]4(O)C(=O)C2C3=O)c1. The van der Waals surface area contributed by atoms with Crippen molar-refractivity contribution in [3.05, 3.63) is 53.1 Å². The van der Waals surface area contributed by atoms with Crippen molar-refractivity contribution in [2.75, 3.05) is 48.3 Å². The molecular formula is C33H38N4O8. The Hall–Kier alpha value is -4.26. The number of primary amides is 1. The molecule has 0 aromatic heterocycles. The van der Waals surface area contributed by atoms with E-state index in [1.807, 2.05) is 19.0 Å². The van der Waals surface area contributed by atoms with Crippen molar-refractivity contribution in [3.63, 3.8) is 0 Å². The van der Waals surface area contributed by atoms with Crippen LogP contribution in [0.25, 0.3) is 11.1 Å². The summed E-state index contributed by atoms with van der Waals surface area (Å²) in [4.78, 5) is 85.2. The van der Waals surface area contributed by atoms with Gasteiger partial charge in [0.1, 0.15) is 5.75 Å². The second kappa shape index (κ2) is 11.6. The first-order valence-electron chi connectivity index (χ1n) is 14.8. The minimum atomic E-state index is -2.78. The van der Waals surface area contributed by atoms with Gasteiger partial charge >= 0.3 is 0 Å². The number of rotatable bonds is 7. The van der Waals surface area contributed by atoms with Crippen LogP contribution in [-0.4, -0.2) is 120 Å². The molecule has 12 nitrogen and oxygen atoms in total. The van der Waals surface area contributed by atoms with E-state index in [2.05, 4.69) is 0 Å². The Kier molecular flexibility index (Phi) is 8.28. The van der Waals surface area contributed by atoms with Crippen LogP contribution in [0, 0.1) is 23.7 Å². The summed E-state index contributed by atoms with van der Waals surface area (Å²) in [6, 6.07) is 8.74. The van der Waals surface area contributed by atoms with Crippen molar-refractivity contribution >= 4 is 34.9 Å². The van der Waals surface area contributed by atoms with Gasteiger partial charge in [-0.2, -0.15) is 0 Å². The Bertz CT molecular complexity index is 1630. The lowest BCUT2D eigenvalue weighted by atomic mass is 9.52. The molecule has 3 aliphatic rings. The third-order valence-electron chi connectivity index (χ3n) is 9.59. The molecule has 5 rings (SSSR count). The summed E-state index contributed by atoms with van der Waals surface area (Å²) in [5.74, 6) is -11.2. The van der Waals surface area contributed by atoms with Gasteiger partial charge in [-0.05, 0) is 81.8 Å². The number of carbonyl (C=O) groups is 6. The highest BCUT2D eigenvalue weighted by molar-refractivity contribution is 6.32. The first-order valence-corrected chi connectivity index (χ1v) is 14.8. The maximum atomic E-state index is 14.0. The number of hydrogen-bond donors (Lipinski definition) is 3. The maximum Gasteiger partial charge on any atom is 0.253 e. The van der Waals surface area contributed by atoms with Crippen LogP contribution in [-0.2, 0) is 25.6 Å². The molecule has 6 atom stereocenters. The van der Waals surface area contributed by atoms with Gasteiger partial charge in [-0.15, -0.1) is 0 Å². The molecule has 0 radical (unpaired) electrons. The number of hydrogen-bond acceptors (Lipinski definition) is 10. The largest absolute Gasteiger partial charge is 0.507 e. The number of phenolic OH excluding ortho intramolecular Hbond substituents is 1. The summed E-state index contributed by atoms with van der Waals surface area (Å²) in [6.45, 7) is 1.20. The lowest BCUT2D eigenvalue weighted by Crippen LogP contribution is -2.74. The van der Waals surface area contributed by atoms with Crippen LogP contribution in [0.2, 0.25) is 0 Å². The molecule has 2 amide bonds. The number of fused-ring (bicyclic) bond motifs is 3. The molecule has 2 unspecified atom stereocenters. The maximum absolute atomic E-state index is 14.0. The standard InChI is InChI=1S/C33H38N4O8/c1-35(2)11-12-37(5)32(44)17-8-6-7-16(13-17)19-9-10-22(38)24-20(19)14-18-15-21-26(36(3)4)28(40)25(31(34)43)30(42)33(21,45)29(41)23(18)27(24)39/h6-10,13,18,21,23,25-26,38,45H,11-12,14-15H2,1-5H3,(H2,34,43)/t18-,21-,23?,25?,26-,33-/m0/s1. The zero-order valence-corrected chi connectivity index (χ0v) is 25.9. The van der Waals surface area contributed by atoms with Crippen molar-refractivity contribution in [1.29, 1.82) is 0 Å². The number of aromatic hydroxyl groups is 1. The van der Waals surface area contributed by atoms with Gasteiger partial charge in [0.25, 0.3) is 5.91 Å². The monoisotopic (exact) mass is 618 g/mol. The number of aliphatic hydroxyl groups is 1. The summed E-state index contributed by atoms with van der Waals surface area (Å²) in [5, 5.41) is 22.6. The third kappa shape index (κ3) is 5.06. The van der Waals surface area contributed by atoms with Gasteiger partial charge in [0.15, 0.2) is 34.7 Å². The fourth-order valence-electron chi connectivity index (χ4n) is 7.37. The first-order chi connectivity index (χ1) is 21.1. The van der Waals surface area contributed by atoms with Gasteiger partial charge in [-0.25, -0.2) is 0 Å². The third-order valence-corrected chi connectivity index (χ3v) is 9.59. The van der Waals surface area contributed by atoms with E-state index in [0.717, 1.165) is 0 Å². The van der Waals surface area contributed by atoms with Crippen molar-refractivity contribution in [2.45, 2.75) is 24.5 Å². The van der Waals surface area contributed by atoms with Crippen molar-refractivity contribution in [3.8, 4) is 16.9 Å². The number of benzene rings is 2. The van der Waals surface area contributed by atoms with Crippen LogP contribution in [0.3, 0.4) is 0 Å². The fourth-order valence-corrected chi connectivity index (χ4v) is 7.37. The number of nitrogens with two attached hydrogens (primary N) is 1. The van der Waals surface area contributed by atoms with E-state index < -0.39 is 64.4 Å². The predicted molar refractivity (Wildman–Crippen MR) is 162 cm³/mol. The van der Waals surface area contributed by atoms with Crippen LogP contribution in [0.5, 0.6) is 5.75 Å². The second-order valence-corrected chi connectivity index (χ2v) is 12.9. The molecule has 0 spiro atoms. The number of likely N-dealkylation sites (N-methyl/N-ethyl adjacent to an activating group) is 3. The summed E-state index contributed by atoms with van der Waals surface area (Å²) in [6.07, 6.45) is 0.0741. The Morgan fingerprint density at radius 1 is 0.978 bits per heavy atom. The van der Waals surface area contributed by atoms with Crippen LogP contribution in [0.1, 0.15) is 32.7 Å². The molecule has 2 fully saturated rings. The van der Waals surface area contributed by atoms with Gasteiger partial charge in [-0.3, -0.25) is 33.7 Å². The number of ketones is 4. The molecule has 0 saturated heterocycles. The molecule has 238 valence electrons. The van der Waals surface area contributed by atoms with Crippen molar-refractivity contribution in [1.82, 2.24) is 14.7 Å². The Morgan fingerprint density at radius 3 is 2.29 bits per heavy atom. The summed E-state index contributed by atoms with van der Waals surface area (Å²) in [5.41, 5.74) is 4.61. The van der Waals surface area contributed by atoms with E-state index >= 15 is 0 Å². The minimum Gasteiger partial charge on any atom is -0.507 e. The molecule has 0 heterocycles. The minimum absolute atomic E-state index is 0.0474. The van der Waals surface area contributed by atoms with E-state index in [1.54, 1.807) is 42.3 Å². The zero-order chi connectivity index (χ0) is 33.1. The Morgan fingerprint density at radius 2 is 1.67 bits per heavy atom. The zero-order valence-electron chi connectivity index (χ0n) is 25.9. The van der Waals surface area contributed by atoms with E-state index in [-0.39, 0.29) is 30.1 Å². The van der Waals surface area contributed by atoms with Gasteiger partial charge in [0.05, 0.1) is 17.5 Å². The van der Waals surface area contributed by atoms with Gasteiger partial charge in [0.2, 0.25) is 5.91 Å². The van der Waals surface area contributed by atoms with Gasteiger partial charge in [-0.1, -0.05) is 18.2 Å². The Balaban J connectivity index is 1.57. The van der Waals surface area contributed by atoms with Crippen LogP contribution in [0.4, 0.5) is 0 Å². The molecule has 2 saturated carbocycles. The van der Waals surface area contributed by atoms with Gasteiger partial charge in [0, 0.05) is 31.6 Å². The summed E-state index contributed by atoms with van der Waals surface area (Å²) < 4.78 is 0.